The minimum Gasteiger partial charge on any atom is -0.481 e. The highest BCUT2D eigenvalue weighted by molar-refractivity contribution is 6.03. The van der Waals surface area contributed by atoms with Gasteiger partial charge in [0.05, 0.1) is 23.5 Å². The molecule has 2 heterocycles. The summed E-state index contributed by atoms with van der Waals surface area (Å²) in [7, 11) is 0. The number of H-pyrrole nitrogens is 1. The second-order valence-electron chi connectivity index (χ2n) is 7.74. The van der Waals surface area contributed by atoms with Crippen LogP contribution < -0.4 is 5.32 Å². The summed E-state index contributed by atoms with van der Waals surface area (Å²) in [4.78, 5) is 35.0. The number of carbonyl (C=O) groups is 2. The van der Waals surface area contributed by atoms with Gasteiger partial charge in [-0.15, -0.1) is 0 Å². The van der Waals surface area contributed by atoms with Crippen LogP contribution in [0.25, 0.3) is 5.57 Å². The largest absolute Gasteiger partial charge is 0.481 e. The van der Waals surface area contributed by atoms with Crippen molar-refractivity contribution in [2.24, 2.45) is 5.41 Å². The Balaban J connectivity index is 1.93. The Morgan fingerprint density at radius 3 is 2.70 bits per heavy atom. The lowest BCUT2D eigenvalue weighted by Gasteiger charge is -2.29. The van der Waals surface area contributed by atoms with Gasteiger partial charge in [-0.1, -0.05) is 19.9 Å². The number of imidazole rings is 1. The fourth-order valence-corrected chi connectivity index (χ4v) is 3.10. The Bertz CT molecular complexity index is 912. The second-order valence-corrected chi connectivity index (χ2v) is 7.74. The summed E-state index contributed by atoms with van der Waals surface area (Å²) in [5.41, 5.74) is 3.74. The summed E-state index contributed by atoms with van der Waals surface area (Å²) < 4.78 is 0. The number of hydrogen-bond donors (Lipinski definition) is 3. The van der Waals surface area contributed by atoms with Gasteiger partial charge in [0.15, 0.2) is 5.82 Å². The van der Waals surface area contributed by atoms with Gasteiger partial charge in [0.2, 0.25) is 0 Å². The molecule has 0 bridgehead atoms. The van der Waals surface area contributed by atoms with Crippen molar-refractivity contribution in [2.45, 2.75) is 46.5 Å². The molecule has 0 saturated carbocycles. The number of aryl methyl sites for hydroxylation is 1. The molecule has 2 aromatic heterocycles. The summed E-state index contributed by atoms with van der Waals surface area (Å²) in [5.74, 6) is -1.06. The van der Waals surface area contributed by atoms with Crippen molar-refractivity contribution in [1.82, 2.24) is 15.0 Å². The Labute approximate surface area is 157 Å². The number of carboxylic acids is 1. The number of hydrogen-bond acceptors (Lipinski definition) is 4. The number of amides is 1. The van der Waals surface area contributed by atoms with Gasteiger partial charge >= 0.3 is 5.97 Å². The summed E-state index contributed by atoms with van der Waals surface area (Å²) in [6.45, 7) is 6.26. The summed E-state index contributed by atoms with van der Waals surface area (Å²) in [6.07, 6.45) is 6.34. The molecular weight excluding hydrogens is 344 g/mol. The topological polar surface area (TPSA) is 108 Å². The summed E-state index contributed by atoms with van der Waals surface area (Å²) >= 11 is 0. The molecule has 7 nitrogen and oxygen atoms in total. The number of aliphatic carboxylic acids is 1. The highest BCUT2D eigenvalue weighted by Gasteiger charge is 2.24. The molecule has 1 aliphatic rings. The Kier molecular flexibility index (Phi) is 5.12. The maximum absolute atomic E-state index is 12.5. The van der Waals surface area contributed by atoms with Crippen LogP contribution in [0.3, 0.4) is 0 Å². The molecular formula is C20H24N4O3. The zero-order chi connectivity index (χ0) is 19.6. The van der Waals surface area contributed by atoms with E-state index in [2.05, 4.69) is 40.2 Å². The molecule has 7 heteroatoms. The van der Waals surface area contributed by atoms with Gasteiger partial charge in [-0.3, -0.25) is 14.6 Å². The van der Waals surface area contributed by atoms with E-state index in [4.69, 9.17) is 5.11 Å². The van der Waals surface area contributed by atoms with Crippen LogP contribution in [0.2, 0.25) is 0 Å². The van der Waals surface area contributed by atoms with Crippen LogP contribution in [-0.2, 0) is 11.2 Å². The predicted molar refractivity (Wildman–Crippen MR) is 102 cm³/mol. The minimum absolute atomic E-state index is 0.155. The fraction of sp³-hybridized carbons (Fsp3) is 0.400. The van der Waals surface area contributed by atoms with Crippen LogP contribution >= 0.6 is 0 Å². The first-order valence-corrected chi connectivity index (χ1v) is 8.97. The lowest BCUT2D eigenvalue weighted by atomic mass is 9.77. The molecule has 27 heavy (non-hydrogen) atoms. The van der Waals surface area contributed by atoms with E-state index in [1.165, 1.54) is 0 Å². The molecule has 0 aromatic carbocycles. The number of nitrogens with zero attached hydrogens (tertiary/aromatic N) is 2. The zero-order valence-corrected chi connectivity index (χ0v) is 15.8. The van der Waals surface area contributed by atoms with E-state index in [1.807, 2.05) is 6.92 Å². The number of aromatic nitrogens is 3. The number of anilines is 1. The molecule has 2 aromatic rings. The molecule has 3 rings (SSSR count). The Morgan fingerprint density at radius 2 is 2.11 bits per heavy atom. The van der Waals surface area contributed by atoms with Gasteiger partial charge in [0.25, 0.3) is 5.91 Å². The van der Waals surface area contributed by atoms with Gasteiger partial charge in [0.1, 0.15) is 0 Å². The van der Waals surface area contributed by atoms with Crippen molar-refractivity contribution in [3.63, 3.8) is 0 Å². The Hall–Kier alpha value is -2.96. The molecule has 0 radical (unpaired) electrons. The quantitative estimate of drug-likeness (QED) is 0.747. The molecule has 0 fully saturated rings. The molecule has 0 aliphatic heterocycles. The number of allylic oxidation sites excluding steroid dienone is 2. The van der Waals surface area contributed by atoms with Crippen molar-refractivity contribution >= 4 is 23.1 Å². The maximum atomic E-state index is 12.5. The third-order valence-electron chi connectivity index (χ3n) is 4.73. The van der Waals surface area contributed by atoms with Gasteiger partial charge in [-0.2, -0.15) is 0 Å². The van der Waals surface area contributed by atoms with E-state index in [0.29, 0.717) is 17.1 Å². The third kappa shape index (κ3) is 4.61. The van der Waals surface area contributed by atoms with E-state index in [0.717, 1.165) is 30.5 Å². The molecule has 3 N–H and O–H groups in total. The molecule has 1 aliphatic carbocycles. The number of pyridine rings is 1. The SMILES string of the molecule is Cc1cnc(C(=O)Nc2ccc(CC(=O)O)nc2C2=CCC(C)(C)CC2)[nH]1. The van der Waals surface area contributed by atoms with Crippen LogP contribution in [0.1, 0.15) is 60.8 Å². The van der Waals surface area contributed by atoms with Crippen molar-refractivity contribution in [2.75, 3.05) is 5.32 Å². The second kappa shape index (κ2) is 7.34. The average Bonchev–Trinajstić information content (AvgIpc) is 3.02. The van der Waals surface area contributed by atoms with Crippen LogP contribution in [0, 0.1) is 12.3 Å². The zero-order valence-electron chi connectivity index (χ0n) is 15.8. The molecule has 0 saturated heterocycles. The van der Waals surface area contributed by atoms with Crippen LogP contribution in [0.15, 0.2) is 24.4 Å². The first-order valence-electron chi connectivity index (χ1n) is 8.97. The molecule has 0 atom stereocenters. The lowest BCUT2D eigenvalue weighted by Crippen LogP contribution is -2.18. The van der Waals surface area contributed by atoms with Crippen molar-refractivity contribution in [3.8, 4) is 0 Å². The molecule has 142 valence electrons. The van der Waals surface area contributed by atoms with Crippen LogP contribution in [0.5, 0.6) is 0 Å². The number of carboxylic acid groups (broad SMARTS) is 1. The predicted octanol–water partition coefficient (Wildman–Crippen LogP) is 3.59. The highest BCUT2D eigenvalue weighted by Crippen LogP contribution is 2.39. The number of carbonyl (C=O) groups excluding carboxylic acids is 1. The first kappa shape index (κ1) is 18.8. The van der Waals surface area contributed by atoms with E-state index in [1.54, 1.807) is 18.3 Å². The number of rotatable bonds is 5. The van der Waals surface area contributed by atoms with E-state index < -0.39 is 5.97 Å². The van der Waals surface area contributed by atoms with Crippen LogP contribution in [0.4, 0.5) is 5.69 Å². The number of nitrogens with one attached hydrogen (secondary N) is 2. The monoisotopic (exact) mass is 368 g/mol. The third-order valence-corrected chi connectivity index (χ3v) is 4.73. The Morgan fingerprint density at radius 1 is 1.33 bits per heavy atom. The molecule has 1 amide bonds. The summed E-state index contributed by atoms with van der Waals surface area (Å²) in [6, 6.07) is 3.35. The lowest BCUT2D eigenvalue weighted by molar-refractivity contribution is -0.136. The molecule has 0 unspecified atom stereocenters. The minimum atomic E-state index is -0.935. The van der Waals surface area contributed by atoms with E-state index in [9.17, 15) is 9.59 Å². The van der Waals surface area contributed by atoms with E-state index >= 15 is 0 Å². The van der Waals surface area contributed by atoms with Gasteiger partial charge in [0, 0.05) is 11.9 Å². The van der Waals surface area contributed by atoms with E-state index in [-0.39, 0.29) is 23.6 Å². The van der Waals surface area contributed by atoms with Gasteiger partial charge in [-0.25, -0.2) is 4.98 Å². The maximum Gasteiger partial charge on any atom is 0.309 e. The smallest absolute Gasteiger partial charge is 0.309 e. The van der Waals surface area contributed by atoms with Gasteiger partial charge < -0.3 is 15.4 Å². The van der Waals surface area contributed by atoms with Gasteiger partial charge in [-0.05, 0) is 49.3 Å². The molecule has 0 spiro atoms. The fourth-order valence-electron chi connectivity index (χ4n) is 3.10. The van der Waals surface area contributed by atoms with Crippen LogP contribution in [-0.4, -0.2) is 31.9 Å². The standard InChI is InChI=1S/C20H24N4O3/c1-12-11-21-18(22-12)19(27)24-15-5-4-14(10-16(25)26)23-17(15)13-6-8-20(2,3)9-7-13/h4-6,11H,7-10H2,1-3H3,(H,21,22)(H,24,27)(H,25,26). The normalized spacial score (nSPS) is 15.9. The van der Waals surface area contributed by atoms with Crippen molar-refractivity contribution in [1.29, 1.82) is 0 Å². The van der Waals surface area contributed by atoms with Crippen molar-refractivity contribution in [3.05, 3.63) is 47.3 Å². The summed E-state index contributed by atoms with van der Waals surface area (Å²) in [5, 5.41) is 11.9. The number of aromatic amines is 1. The van der Waals surface area contributed by atoms with Crippen molar-refractivity contribution < 1.29 is 14.7 Å². The first-order chi connectivity index (χ1) is 12.7. The average molecular weight is 368 g/mol. The highest BCUT2D eigenvalue weighted by atomic mass is 16.4.